The number of benzene rings is 1. The lowest BCUT2D eigenvalue weighted by atomic mass is 10.1. The van der Waals surface area contributed by atoms with Crippen LogP contribution in [0.3, 0.4) is 0 Å². The van der Waals surface area contributed by atoms with Crippen LogP contribution in [0.15, 0.2) is 47.3 Å². The molecule has 4 aromatic heterocycles. The zero-order valence-corrected chi connectivity index (χ0v) is 16.9. The van der Waals surface area contributed by atoms with Gasteiger partial charge in [-0.2, -0.15) is 31.8 Å². The average Bonchev–Trinajstić information content (AvgIpc) is 3.50. The van der Waals surface area contributed by atoms with Crippen molar-refractivity contribution in [1.29, 1.82) is 0 Å². The fourth-order valence-corrected chi connectivity index (χ4v) is 3.94. The van der Waals surface area contributed by atoms with Crippen molar-refractivity contribution in [2.75, 3.05) is 0 Å². The lowest BCUT2D eigenvalue weighted by Crippen LogP contribution is -2.05. The number of hydrogen-bond acceptors (Lipinski definition) is 7. The van der Waals surface area contributed by atoms with Crippen molar-refractivity contribution in [2.45, 2.75) is 20.0 Å². The molecule has 150 valence electrons. The van der Waals surface area contributed by atoms with Crippen LogP contribution in [0.1, 0.15) is 24.4 Å². The molecule has 0 aliphatic heterocycles. The van der Waals surface area contributed by atoms with E-state index in [1.165, 1.54) is 6.07 Å². The number of aromatic amines is 1. The molecule has 30 heavy (non-hydrogen) atoms. The van der Waals surface area contributed by atoms with E-state index in [1.54, 1.807) is 40.2 Å². The largest absolute Gasteiger partial charge is 0.466 e. The first-order valence-corrected chi connectivity index (χ1v) is 10.1. The Morgan fingerprint density at radius 1 is 1.20 bits per heavy atom. The molecule has 1 unspecified atom stereocenters. The standard InChI is InChI=1S/C20H16FN7OS/c1-11-18-17(13-7-8-30-10-13)20(29-12(2)16-9-22-27-24-16)26-28(18)19(25-23-11)14-5-3-4-6-15(14)21/h3-10,12H,1-2H3,(H,22,24,27). The Bertz CT molecular complexity index is 1310. The van der Waals surface area contributed by atoms with E-state index in [0.717, 1.165) is 11.1 Å². The Morgan fingerprint density at radius 3 is 2.80 bits per heavy atom. The zero-order chi connectivity index (χ0) is 20.7. The molecule has 5 rings (SSSR count). The van der Waals surface area contributed by atoms with Crippen LogP contribution in [0.2, 0.25) is 0 Å². The van der Waals surface area contributed by atoms with E-state index in [9.17, 15) is 4.39 Å². The summed E-state index contributed by atoms with van der Waals surface area (Å²) in [6.07, 6.45) is 1.20. The minimum Gasteiger partial charge on any atom is -0.466 e. The molecule has 0 bridgehead atoms. The molecule has 10 heteroatoms. The number of ether oxygens (including phenoxy) is 1. The molecule has 0 aliphatic rings. The predicted molar refractivity (Wildman–Crippen MR) is 110 cm³/mol. The SMILES string of the molecule is Cc1nnc(-c2ccccc2F)n2nc(OC(C)c3cn[nH]n3)c(-c3ccsc3)c12. The van der Waals surface area contributed by atoms with Gasteiger partial charge in [-0.25, -0.2) is 8.91 Å². The first-order valence-electron chi connectivity index (χ1n) is 9.19. The van der Waals surface area contributed by atoms with Crippen LogP contribution in [-0.4, -0.2) is 35.2 Å². The van der Waals surface area contributed by atoms with Crippen molar-refractivity contribution in [1.82, 2.24) is 35.2 Å². The van der Waals surface area contributed by atoms with Gasteiger partial charge in [0.15, 0.2) is 5.82 Å². The second-order valence-electron chi connectivity index (χ2n) is 6.70. The Balaban J connectivity index is 1.75. The fourth-order valence-electron chi connectivity index (χ4n) is 3.29. The highest BCUT2D eigenvalue weighted by atomic mass is 32.1. The number of halogens is 1. The van der Waals surface area contributed by atoms with Gasteiger partial charge in [0.25, 0.3) is 0 Å². The van der Waals surface area contributed by atoms with Crippen LogP contribution in [0.5, 0.6) is 5.88 Å². The van der Waals surface area contributed by atoms with Gasteiger partial charge in [0, 0.05) is 5.56 Å². The smallest absolute Gasteiger partial charge is 0.242 e. The van der Waals surface area contributed by atoms with E-state index in [-0.39, 0.29) is 0 Å². The molecule has 0 radical (unpaired) electrons. The lowest BCUT2D eigenvalue weighted by Gasteiger charge is -2.10. The van der Waals surface area contributed by atoms with Crippen molar-refractivity contribution in [3.05, 3.63) is 64.5 Å². The Hall–Kier alpha value is -3.66. The molecule has 4 heterocycles. The zero-order valence-electron chi connectivity index (χ0n) is 16.1. The van der Waals surface area contributed by atoms with Gasteiger partial charge < -0.3 is 4.74 Å². The minimum atomic E-state index is -0.400. The molecule has 0 fully saturated rings. The summed E-state index contributed by atoms with van der Waals surface area (Å²) in [6.45, 7) is 3.70. The van der Waals surface area contributed by atoms with E-state index >= 15 is 0 Å². The maximum absolute atomic E-state index is 14.5. The number of thiophene rings is 1. The van der Waals surface area contributed by atoms with E-state index in [0.29, 0.717) is 34.2 Å². The number of H-pyrrole nitrogens is 1. The van der Waals surface area contributed by atoms with E-state index in [4.69, 9.17) is 4.74 Å². The third kappa shape index (κ3) is 3.01. The minimum absolute atomic E-state index is 0.300. The third-order valence-electron chi connectivity index (χ3n) is 4.75. The van der Waals surface area contributed by atoms with Gasteiger partial charge >= 0.3 is 0 Å². The van der Waals surface area contributed by atoms with Crippen LogP contribution < -0.4 is 4.74 Å². The Kier molecular flexibility index (Phi) is 4.47. The Labute approximate surface area is 174 Å². The third-order valence-corrected chi connectivity index (χ3v) is 5.44. The van der Waals surface area contributed by atoms with Gasteiger partial charge in [0.1, 0.15) is 23.1 Å². The summed E-state index contributed by atoms with van der Waals surface area (Å²) in [6, 6.07) is 8.40. The van der Waals surface area contributed by atoms with E-state index in [1.807, 2.05) is 30.7 Å². The molecule has 0 saturated carbocycles. The average molecular weight is 421 g/mol. The monoisotopic (exact) mass is 421 g/mol. The summed E-state index contributed by atoms with van der Waals surface area (Å²) >= 11 is 1.56. The number of nitrogens with one attached hydrogen (secondary N) is 1. The maximum Gasteiger partial charge on any atom is 0.242 e. The second-order valence-corrected chi connectivity index (χ2v) is 7.48. The summed E-state index contributed by atoms with van der Waals surface area (Å²) < 4.78 is 22.3. The fraction of sp³-hybridized carbons (Fsp3) is 0.150. The number of aryl methyl sites for hydroxylation is 1. The van der Waals surface area contributed by atoms with Crippen LogP contribution in [-0.2, 0) is 0 Å². The normalized spacial score (nSPS) is 12.4. The molecule has 8 nitrogen and oxygen atoms in total. The summed E-state index contributed by atoms with van der Waals surface area (Å²) in [5.41, 5.74) is 4.04. The van der Waals surface area contributed by atoms with E-state index < -0.39 is 11.9 Å². The van der Waals surface area contributed by atoms with Gasteiger partial charge in [0.2, 0.25) is 5.88 Å². The highest BCUT2D eigenvalue weighted by Crippen LogP contribution is 2.39. The summed E-state index contributed by atoms with van der Waals surface area (Å²) in [4.78, 5) is 0. The second kappa shape index (κ2) is 7.30. The number of fused-ring (bicyclic) bond motifs is 1. The summed E-state index contributed by atoms with van der Waals surface area (Å²) in [7, 11) is 0. The van der Waals surface area contributed by atoms with Gasteiger partial charge in [-0.1, -0.05) is 12.1 Å². The lowest BCUT2D eigenvalue weighted by molar-refractivity contribution is 0.212. The summed E-state index contributed by atoms with van der Waals surface area (Å²) in [5.74, 6) is 0.288. The van der Waals surface area contributed by atoms with Crippen LogP contribution in [0.25, 0.3) is 28.0 Å². The van der Waals surface area contributed by atoms with Crippen molar-refractivity contribution in [3.63, 3.8) is 0 Å². The van der Waals surface area contributed by atoms with Crippen LogP contribution in [0.4, 0.5) is 4.39 Å². The predicted octanol–water partition coefficient (Wildman–Crippen LogP) is 4.23. The first kappa shape index (κ1) is 18.4. The topological polar surface area (TPSA) is 93.9 Å². The van der Waals surface area contributed by atoms with Crippen LogP contribution in [0, 0.1) is 12.7 Å². The number of nitrogens with zero attached hydrogens (tertiary/aromatic N) is 6. The molecule has 1 atom stereocenters. The molecular formula is C20H16FN7OS. The van der Waals surface area contributed by atoms with Gasteiger partial charge in [-0.15, -0.1) is 10.2 Å². The molecule has 0 amide bonds. The van der Waals surface area contributed by atoms with E-state index in [2.05, 4.69) is 30.7 Å². The maximum atomic E-state index is 14.5. The van der Waals surface area contributed by atoms with Crippen molar-refractivity contribution in [2.24, 2.45) is 0 Å². The van der Waals surface area contributed by atoms with Gasteiger partial charge in [0.05, 0.1) is 23.0 Å². The first-order chi connectivity index (χ1) is 14.6. The Morgan fingerprint density at radius 2 is 2.07 bits per heavy atom. The molecule has 1 aromatic carbocycles. The molecule has 1 N–H and O–H groups in total. The van der Waals surface area contributed by atoms with Crippen molar-refractivity contribution >= 4 is 16.9 Å². The van der Waals surface area contributed by atoms with Gasteiger partial charge in [-0.05, 0) is 42.8 Å². The van der Waals surface area contributed by atoms with Gasteiger partial charge in [-0.3, -0.25) is 0 Å². The van der Waals surface area contributed by atoms with Crippen molar-refractivity contribution in [3.8, 4) is 28.4 Å². The summed E-state index contributed by atoms with van der Waals surface area (Å²) in [5, 5.41) is 27.7. The molecule has 0 aliphatic carbocycles. The number of aromatic nitrogens is 7. The molecule has 0 spiro atoms. The number of hydrogen-bond donors (Lipinski definition) is 1. The van der Waals surface area contributed by atoms with Crippen molar-refractivity contribution < 1.29 is 9.13 Å². The van der Waals surface area contributed by atoms with Crippen LogP contribution >= 0.6 is 11.3 Å². The molecule has 5 aromatic rings. The highest BCUT2D eigenvalue weighted by Gasteiger charge is 2.25. The molecular weight excluding hydrogens is 405 g/mol. The highest BCUT2D eigenvalue weighted by molar-refractivity contribution is 7.08. The molecule has 0 saturated heterocycles. The number of rotatable bonds is 5. The quantitative estimate of drug-likeness (QED) is 0.457.